The molecule has 4 aromatic rings. The zero-order valence-corrected chi connectivity index (χ0v) is 15.0. The predicted molar refractivity (Wildman–Crippen MR) is 110 cm³/mol. The number of rotatable bonds is 3. The molecule has 27 heavy (non-hydrogen) atoms. The Hall–Kier alpha value is -3.51. The number of benzene rings is 2. The van der Waals surface area contributed by atoms with E-state index in [1.54, 1.807) is 24.5 Å². The normalized spacial score (nSPS) is 10.5. The monoisotopic (exact) mass is 373 g/mol. The molecular weight excluding hydrogens is 358 g/mol. The second-order valence-corrected chi connectivity index (χ2v) is 6.28. The van der Waals surface area contributed by atoms with Crippen molar-refractivity contribution in [3.8, 4) is 11.1 Å². The van der Waals surface area contributed by atoms with Crippen LogP contribution in [0.4, 0.5) is 5.69 Å². The average molecular weight is 373 g/mol. The topological polar surface area (TPSA) is 67.2 Å². The van der Waals surface area contributed by atoms with Crippen LogP contribution in [-0.4, -0.2) is 16.0 Å². The summed E-state index contributed by atoms with van der Waals surface area (Å²) < 4.78 is 5.51. The van der Waals surface area contributed by atoms with Gasteiger partial charge < -0.3 is 9.73 Å². The Morgan fingerprint density at radius 1 is 0.963 bits per heavy atom. The Labute approximate surface area is 161 Å². The van der Waals surface area contributed by atoms with Crippen molar-refractivity contribution in [2.75, 3.05) is 5.32 Å². The first-order chi connectivity index (χ1) is 13.2. The van der Waals surface area contributed by atoms with E-state index in [4.69, 9.17) is 16.6 Å². The number of furan rings is 1. The largest absolute Gasteiger partial charge is 0.451 e. The Kier molecular flexibility index (Phi) is 4.63. The number of carbonyl (C=O) groups excluding carboxylic acids is 1. The number of anilines is 1. The number of aromatic nitrogens is 1. The Bertz CT molecular complexity index is 1070. The fourth-order valence-electron chi connectivity index (χ4n) is 2.70. The molecule has 0 radical (unpaired) electrons. The van der Waals surface area contributed by atoms with Crippen molar-refractivity contribution in [1.29, 1.82) is 0 Å². The van der Waals surface area contributed by atoms with Crippen LogP contribution in [0.2, 0.25) is 0 Å². The molecule has 0 atom stereocenters. The Balaban J connectivity index is 1.41. The number of amides is 1. The highest BCUT2D eigenvalue weighted by molar-refractivity contribution is 7.80. The van der Waals surface area contributed by atoms with Gasteiger partial charge in [-0.15, -0.1) is 0 Å². The Morgan fingerprint density at radius 2 is 1.70 bits per heavy atom. The van der Waals surface area contributed by atoms with Crippen LogP contribution in [0, 0.1) is 0 Å². The maximum absolute atomic E-state index is 12.3. The van der Waals surface area contributed by atoms with E-state index in [1.165, 1.54) is 0 Å². The lowest BCUT2D eigenvalue weighted by atomic mass is 10.1. The summed E-state index contributed by atoms with van der Waals surface area (Å²) in [6.45, 7) is 0. The molecule has 1 amide bonds. The smallest absolute Gasteiger partial charge is 0.293 e. The summed E-state index contributed by atoms with van der Waals surface area (Å²) in [4.78, 5) is 16.3. The minimum Gasteiger partial charge on any atom is -0.451 e. The van der Waals surface area contributed by atoms with E-state index >= 15 is 0 Å². The number of thiocarbonyl (C=S) groups is 1. The van der Waals surface area contributed by atoms with Gasteiger partial charge in [-0.1, -0.05) is 42.5 Å². The number of nitrogens with zero attached hydrogens (tertiary/aromatic N) is 1. The SMILES string of the molecule is O=C(NC(=S)Nc1ccc(-c2ccccc2)cc1)c1cc2cnccc2o1. The molecule has 0 unspecified atom stereocenters. The molecule has 0 saturated heterocycles. The van der Waals surface area contributed by atoms with E-state index in [0.717, 1.165) is 22.2 Å². The number of fused-ring (bicyclic) bond motifs is 1. The first-order valence-electron chi connectivity index (χ1n) is 8.30. The zero-order valence-electron chi connectivity index (χ0n) is 14.2. The second kappa shape index (κ2) is 7.39. The summed E-state index contributed by atoms with van der Waals surface area (Å²) in [7, 11) is 0. The van der Waals surface area contributed by atoms with Gasteiger partial charge in [-0.05, 0) is 47.6 Å². The van der Waals surface area contributed by atoms with Gasteiger partial charge in [-0.25, -0.2) is 0 Å². The van der Waals surface area contributed by atoms with Crippen LogP contribution in [0.25, 0.3) is 22.1 Å². The predicted octanol–water partition coefficient (Wildman–Crippen LogP) is 4.62. The molecule has 0 fully saturated rings. The van der Waals surface area contributed by atoms with E-state index in [2.05, 4.69) is 27.8 Å². The van der Waals surface area contributed by atoms with Crippen LogP contribution in [0.5, 0.6) is 0 Å². The maximum Gasteiger partial charge on any atom is 0.293 e. The Morgan fingerprint density at radius 3 is 2.44 bits per heavy atom. The van der Waals surface area contributed by atoms with Gasteiger partial charge in [-0.3, -0.25) is 15.1 Å². The van der Waals surface area contributed by atoms with Crippen LogP contribution in [0.3, 0.4) is 0 Å². The molecule has 2 aromatic carbocycles. The van der Waals surface area contributed by atoms with E-state index in [-0.39, 0.29) is 10.9 Å². The lowest BCUT2D eigenvalue weighted by Gasteiger charge is -2.09. The third-order valence-corrected chi connectivity index (χ3v) is 4.22. The van der Waals surface area contributed by atoms with Crippen LogP contribution >= 0.6 is 12.2 Å². The van der Waals surface area contributed by atoms with Crippen molar-refractivity contribution in [2.24, 2.45) is 0 Å². The van der Waals surface area contributed by atoms with Crippen LogP contribution < -0.4 is 10.6 Å². The molecule has 2 heterocycles. The van der Waals surface area contributed by atoms with Crippen LogP contribution in [-0.2, 0) is 0 Å². The fraction of sp³-hybridized carbons (Fsp3) is 0. The number of nitrogens with one attached hydrogen (secondary N) is 2. The van der Waals surface area contributed by atoms with Gasteiger partial charge >= 0.3 is 0 Å². The molecule has 132 valence electrons. The first kappa shape index (κ1) is 16.9. The minimum atomic E-state index is -0.412. The van der Waals surface area contributed by atoms with Gasteiger partial charge in [0.1, 0.15) is 5.58 Å². The lowest BCUT2D eigenvalue weighted by molar-refractivity contribution is 0.0953. The number of carbonyl (C=O) groups is 1. The van der Waals surface area contributed by atoms with E-state index < -0.39 is 5.91 Å². The maximum atomic E-state index is 12.3. The third-order valence-electron chi connectivity index (χ3n) is 4.02. The van der Waals surface area contributed by atoms with Crippen molar-refractivity contribution in [3.05, 3.63) is 84.9 Å². The number of hydrogen-bond donors (Lipinski definition) is 2. The van der Waals surface area contributed by atoms with Gasteiger partial charge in [0, 0.05) is 23.5 Å². The molecule has 0 aliphatic carbocycles. The van der Waals surface area contributed by atoms with E-state index in [0.29, 0.717) is 5.58 Å². The zero-order chi connectivity index (χ0) is 18.6. The van der Waals surface area contributed by atoms with Crippen molar-refractivity contribution in [3.63, 3.8) is 0 Å². The van der Waals surface area contributed by atoms with E-state index in [9.17, 15) is 4.79 Å². The second-order valence-electron chi connectivity index (χ2n) is 5.88. The van der Waals surface area contributed by atoms with Gasteiger partial charge in [0.2, 0.25) is 0 Å². The molecular formula is C21H15N3O2S. The highest BCUT2D eigenvalue weighted by Crippen LogP contribution is 2.21. The summed E-state index contributed by atoms with van der Waals surface area (Å²) in [5, 5.41) is 6.58. The standard InChI is InChI=1S/C21H15N3O2S/c25-20(19-12-16-13-22-11-10-18(16)26-19)24-21(27)23-17-8-6-15(7-9-17)14-4-2-1-3-5-14/h1-13H,(H2,23,24,25,27). The van der Waals surface area contributed by atoms with Gasteiger partial charge in [0.05, 0.1) is 0 Å². The fourth-order valence-corrected chi connectivity index (χ4v) is 2.91. The molecule has 6 heteroatoms. The molecule has 5 nitrogen and oxygen atoms in total. The molecule has 0 spiro atoms. The number of pyridine rings is 1. The molecule has 0 aliphatic rings. The van der Waals surface area contributed by atoms with Gasteiger partial charge in [0.15, 0.2) is 10.9 Å². The molecule has 2 aromatic heterocycles. The summed E-state index contributed by atoms with van der Waals surface area (Å²) in [5.41, 5.74) is 3.63. The van der Waals surface area contributed by atoms with Gasteiger partial charge in [0.25, 0.3) is 5.91 Å². The minimum absolute atomic E-state index is 0.182. The molecule has 4 rings (SSSR count). The highest BCUT2D eigenvalue weighted by Gasteiger charge is 2.13. The lowest BCUT2D eigenvalue weighted by Crippen LogP contribution is -2.33. The van der Waals surface area contributed by atoms with Crippen molar-refractivity contribution in [2.45, 2.75) is 0 Å². The van der Waals surface area contributed by atoms with Crippen LogP contribution in [0.1, 0.15) is 10.6 Å². The summed E-state index contributed by atoms with van der Waals surface area (Å²) >= 11 is 5.22. The summed E-state index contributed by atoms with van der Waals surface area (Å²) in [5.74, 6) is -0.230. The summed E-state index contributed by atoms with van der Waals surface area (Å²) in [6.07, 6.45) is 3.25. The number of hydrogen-bond acceptors (Lipinski definition) is 4. The average Bonchev–Trinajstić information content (AvgIpc) is 3.14. The first-order valence-corrected chi connectivity index (χ1v) is 8.71. The highest BCUT2D eigenvalue weighted by atomic mass is 32.1. The molecule has 0 aliphatic heterocycles. The van der Waals surface area contributed by atoms with Crippen molar-refractivity contribution < 1.29 is 9.21 Å². The third kappa shape index (κ3) is 3.86. The van der Waals surface area contributed by atoms with E-state index in [1.807, 2.05) is 42.5 Å². The quantitative estimate of drug-likeness (QED) is 0.513. The molecule has 0 bridgehead atoms. The van der Waals surface area contributed by atoms with Crippen molar-refractivity contribution >= 4 is 39.9 Å². The molecule has 0 saturated carbocycles. The van der Waals surface area contributed by atoms with Crippen LogP contribution in [0.15, 0.2) is 83.5 Å². The summed E-state index contributed by atoms with van der Waals surface area (Å²) in [6, 6.07) is 21.2. The van der Waals surface area contributed by atoms with Crippen molar-refractivity contribution in [1.82, 2.24) is 10.3 Å². The molecule has 2 N–H and O–H groups in total. The van der Waals surface area contributed by atoms with Gasteiger partial charge in [-0.2, -0.15) is 0 Å².